The lowest BCUT2D eigenvalue weighted by Crippen LogP contribution is -2.27. The highest BCUT2D eigenvalue weighted by molar-refractivity contribution is 5.75. The molecule has 0 bridgehead atoms. The smallest absolute Gasteiger partial charge is 0.219 e. The summed E-state index contributed by atoms with van der Waals surface area (Å²) in [7, 11) is 0. The summed E-state index contributed by atoms with van der Waals surface area (Å²) < 4.78 is 0. The summed E-state index contributed by atoms with van der Waals surface area (Å²) in [6, 6.07) is 0. The Morgan fingerprint density at radius 1 is 1.78 bits per heavy atom. The van der Waals surface area contributed by atoms with E-state index in [1.54, 1.807) is 6.92 Å². The first-order valence-corrected chi connectivity index (χ1v) is 2.89. The molecule has 0 aromatic carbocycles. The summed E-state index contributed by atoms with van der Waals surface area (Å²) >= 11 is 0. The first-order chi connectivity index (χ1) is 4.31. The second kappa shape index (κ2) is 5.53. The maximum Gasteiger partial charge on any atom is 0.219 e. The third kappa shape index (κ3) is 5.26. The minimum absolute atomic E-state index is 0.0204. The summed E-state index contributed by atoms with van der Waals surface area (Å²) in [5.74, 6) is 4.73. The van der Waals surface area contributed by atoms with Gasteiger partial charge in [0.1, 0.15) is 0 Å². The molecule has 0 aromatic heterocycles. The lowest BCUT2D eigenvalue weighted by atomic mass is 10.4. The van der Waals surface area contributed by atoms with Crippen LogP contribution in [0.3, 0.4) is 0 Å². The first-order valence-electron chi connectivity index (χ1n) is 2.89. The van der Waals surface area contributed by atoms with E-state index >= 15 is 0 Å². The van der Waals surface area contributed by atoms with Crippen LogP contribution in [0.5, 0.6) is 0 Å². The van der Waals surface area contributed by atoms with Crippen molar-refractivity contribution in [1.29, 1.82) is 0 Å². The van der Waals surface area contributed by atoms with E-state index in [-0.39, 0.29) is 5.91 Å². The fraction of sp³-hybridized carbons (Fsp3) is 0.800. The lowest BCUT2D eigenvalue weighted by molar-refractivity contribution is -0.121. The van der Waals surface area contributed by atoms with E-state index in [1.165, 1.54) is 0 Å². The molecule has 4 heteroatoms. The fourth-order valence-corrected chi connectivity index (χ4v) is 0.374. The van der Waals surface area contributed by atoms with Crippen molar-refractivity contribution < 1.29 is 9.63 Å². The van der Waals surface area contributed by atoms with E-state index < -0.39 is 0 Å². The Labute approximate surface area is 54.3 Å². The maximum absolute atomic E-state index is 10.5. The molecule has 0 atom stereocenters. The molecule has 0 fully saturated rings. The molecule has 0 aromatic rings. The molecule has 9 heavy (non-hydrogen) atoms. The van der Waals surface area contributed by atoms with Gasteiger partial charge in [0.2, 0.25) is 5.91 Å². The Kier molecular flexibility index (Phi) is 5.15. The SMILES string of the molecule is CCC(=O)NCCON. The highest BCUT2D eigenvalue weighted by Gasteiger charge is 1.92. The molecule has 4 nitrogen and oxygen atoms in total. The zero-order valence-corrected chi connectivity index (χ0v) is 5.52. The van der Waals surface area contributed by atoms with Gasteiger partial charge in [-0.3, -0.25) is 4.79 Å². The minimum atomic E-state index is 0.0204. The molecule has 1 amide bonds. The molecule has 0 saturated carbocycles. The van der Waals surface area contributed by atoms with Crippen molar-refractivity contribution in [3.05, 3.63) is 0 Å². The Balaban J connectivity index is 2.97. The molecular weight excluding hydrogens is 120 g/mol. The van der Waals surface area contributed by atoms with Gasteiger partial charge < -0.3 is 10.2 Å². The summed E-state index contributed by atoms with van der Waals surface area (Å²) in [5.41, 5.74) is 0. The van der Waals surface area contributed by atoms with Crippen LogP contribution in [0.15, 0.2) is 0 Å². The average molecular weight is 132 g/mol. The van der Waals surface area contributed by atoms with Crippen molar-refractivity contribution in [2.45, 2.75) is 13.3 Å². The van der Waals surface area contributed by atoms with Crippen LogP contribution in [0.2, 0.25) is 0 Å². The van der Waals surface area contributed by atoms with Crippen LogP contribution in [-0.4, -0.2) is 19.1 Å². The molecule has 0 rings (SSSR count). The lowest BCUT2D eigenvalue weighted by Gasteiger charge is -1.99. The first kappa shape index (κ1) is 8.39. The maximum atomic E-state index is 10.5. The Bertz CT molecular complexity index is 85.0. The van der Waals surface area contributed by atoms with Crippen LogP contribution in [0.25, 0.3) is 0 Å². The number of amides is 1. The molecule has 0 unspecified atom stereocenters. The number of hydrogen-bond donors (Lipinski definition) is 2. The van der Waals surface area contributed by atoms with E-state index in [9.17, 15) is 4.79 Å². The summed E-state index contributed by atoms with van der Waals surface area (Å²) in [5, 5.41) is 2.59. The van der Waals surface area contributed by atoms with Gasteiger partial charge in [0.25, 0.3) is 0 Å². The second-order valence-electron chi connectivity index (χ2n) is 1.57. The number of hydrogen-bond acceptors (Lipinski definition) is 3. The van der Waals surface area contributed by atoms with Gasteiger partial charge in [-0.15, -0.1) is 0 Å². The van der Waals surface area contributed by atoms with Crippen molar-refractivity contribution in [3.63, 3.8) is 0 Å². The largest absolute Gasteiger partial charge is 0.354 e. The topological polar surface area (TPSA) is 64.3 Å². The van der Waals surface area contributed by atoms with Crippen LogP contribution in [0, 0.1) is 0 Å². The Morgan fingerprint density at radius 3 is 2.89 bits per heavy atom. The van der Waals surface area contributed by atoms with Crippen LogP contribution < -0.4 is 11.2 Å². The summed E-state index contributed by atoms with van der Waals surface area (Å²) in [4.78, 5) is 14.7. The molecule has 0 saturated heterocycles. The zero-order valence-electron chi connectivity index (χ0n) is 5.52. The Morgan fingerprint density at radius 2 is 2.44 bits per heavy atom. The summed E-state index contributed by atoms with van der Waals surface area (Å²) in [6.07, 6.45) is 0.505. The van der Waals surface area contributed by atoms with Crippen LogP contribution in [-0.2, 0) is 9.63 Å². The van der Waals surface area contributed by atoms with E-state index in [1.807, 2.05) is 0 Å². The predicted octanol–water partition coefficient (Wildman–Crippen LogP) is -0.597. The normalized spacial score (nSPS) is 9.11. The highest BCUT2D eigenvalue weighted by atomic mass is 16.6. The third-order valence-electron chi connectivity index (χ3n) is 0.863. The fourth-order valence-electron chi connectivity index (χ4n) is 0.374. The minimum Gasteiger partial charge on any atom is -0.354 e. The van der Waals surface area contributed by atoms with Gasteiger partial charge in [-0.2, -0.15) is 0 Å². The number of carbonyl (C=O) groups excluding carboxylic acids is 1. The van der Waals surface area contributed by atoms with Crippen molar-refractivity contribution >= 4 is 5.91 Å². The number of carbonyl (C=O) groups is 1. The second-order valence-corrected chi connectivity index (χ2v) is 1.57. The van der Waals surface area contributed by atoms with Crippen molar-refractivity contribution in [1.82, 2.24) is 5.32 Å². The Hall–Kier alpha value is -0.610. The monoisotopic (exact) mass is 132 g/mol. The van der Waals surface area contributed by atoms with Gasteiger partial charge in [0, 0.05) is 13.0 Å². The molecule has 0 aliphatic carbocycles. The molecular formula is C5H12N2O2. The van der Waals surface area contributed by atoms with Crippen LogP contribution in [0.4, 0.5) is 0 Å². The van der Waals surface area contributed by atoms with E-state index in [2.05, 4.69) is 10.2 Å². The number of nitrogens with one attached hydrogen (secondary N) is 1. The molecule has 0 heterocycles. The highest BCUT2D eigenvalue weighted by Crippen LogP contribution is 1.72. The van der Waals surface area contributed by atoms with Crippen LogP contribution >= 0.6 is 0 Å². The van der Waals surface area contributed by atoms with Crippen molar-refractivity contribution in [3.8, 4) is 0 Å². The quantitative estimate of drug-likeness (QED) is 0.396. The molecule has 54 valence electrons. The molecule has 0 aliphatic heterocycles. The van der Waals surface area contributed by atoms with Gasteiger partial charge >= 0.3 is 0 Å². The molecule has 0 radical (unpaired) electrons. The zero-order chi connectivity index (χ0) is 7.11. The molecule has 3 N–H and O–H groups in total. The number of rotatable bonds is 4. The van der Waals surface area contributed by atoms with Crippen molar-refractivity contribution in [2.24, 2.45) is 5.90 Å². The van der Waals surface area contributed by atoms with Gasteiger partial charge in [-0.25, -0.2) is 5.90 Å². The van der Waals surface area contributed by atoms with Gasteiger partial charge in [-0.05, 0) is 0 Å². The summed E-state index contributed by atoms with van der Waals surface area (Å²) in [6.45, 7) is 2.65. The third-order valence-corrected chi connectivity index (χ3v) is 0.863. The average Bonchev–Trinajstić information content (AvgIpc) is 1.89. The van der Waals surface area contributed by atoms with Crippen molar-refractivity contribution in [2.75, 3.05) is 13.2 Å². The van der Waals surface area contributed by atoms with E-state index in [0.717, 1.165) is 0 Å². The van der Waals surface area contributed by atoms with Gasteiger partial charge in [0.15, 0.2) is 0 Å². The van der Waals surface area contributed by atoms with Gasteiger partial charge in [-0.1, -0.05) is 6.92 Å². The number of nitrogens with two attached hydrogens (primary N) is 1. The van der Waals surface area contributed by atoms with E-state index in [0.29, 0.717) is 19.6 Å². The van der Waals surface area contributed by atoms with Gasteiger partial charge in [0.05, 0.1) is 6.61 Å². The molecule has 0 aliphatic rings. The predicted molar refractivity (Wildman–Crippen MR) is 33.4 cm³/mol. The van der Waals surface area contributed by atoms with E-state index in [4.69, 9.17) is 5.90 Å². The standard InChI is InChI=1S/C5H12N2O2/c1-2-5(8)7-3-4-9-6/h2-4,6H2,1H3,(H,7,8). The molecule has 0 spiro atoms. The van der Waals surface area contributed by atoms with Crippen LogP contribution in [0.1, 0.15) is 13.3 Å².